The van der Waals surface area contributed by atoms with Gasteiger partial charge in [0.25, 0.3) is 0 Å². The summed E-state index contributed by atoms with van der Waals surface area (Å²) in [5, 5.41) is 0. The molecule has 1 atom stereocenters. The minimum Gasteiger partial charge on any atom is -0.457 e. The van der Waals surface area contributed by atoms with E-state index in [-0.39, 0.29) is 12.6 Å². The lowest BCUT2D eigenvalue weighted by Crippen LogP contribution is -2.41. The van der Waals surface area contributed by atoms with Crippen LogP contribution in [0.25, 0.3) is 0 Å². The van der Waals surface area contributed by atoms with Gasteiger partial charge in [-0.15, -0.1) is 0 Å². The third-order valence-electron chi connectivity index (χ3n) is 6.06. The molecule has 2 aliphatic heterocycles. The summed E-state index contributed by atoms with van der Waals surface area (Å²) in [6.07, 6.45) is 4.71. The Balaban J connectivity index is 1.46. The van der Waals surface area contributed by atoms with Gasteiger partial charge >= 0.3 is 5.97 Å². The second-order valence-electron chi connectivity index (χ2n) is 8.06. The molecule has 0 amide bonds. The van der Waals surface area contributed by atoms with E-state index < -0.39 is 5.41 Å². The second-order valence-corrected chi connectivity index (χ2v) is 8.06. The summed E-state index contributed by atoms with van der Waals surface area (Å²) in [6.45, 7) is 1.85. The molecule has 1 spiro atoms. The molecule has 2 aliphatic rings. The number of aliphatic imine (C=N–C) groups is 1. The number of hydrogen-bond donors (Lipinski definition) is 0. The molecule has 3 aromatic carbocycles. The zero-order valence-electron chi connectivity index (χ0n) is 17.3. The van der Waals surface area contributed by atoms with Crippen LogP contribution in [0.5, 0.6) is 0 Å². The lowest BCUT2D eigenvalue weighted by molar-refractivity contribution is -0.141. The molecule has 154 valence electrons. The number of para-hydroxylation sites is 1. The van der Waals surface area contributed by atoms with E-state index in [4.69, 9.17) is 4.74 Å². The number of hydrogen-bond acceptors (Lipinski definition) is 4. The number of esters is 1. The summed E-state index contributed by atoms with van der Waals surface area (Å²) in [6, 6.07) is 28.2. The quantitative estimate of drug-likeness (QED) is 0.547. The summed E-state index contributed by atoms with van der Waals surface area (Å²) in [5.41, 5.74) is 4.32. The van der Waals surface area contributed by atoms with E-state index in [2.05, 4.69) is 28.1 Å². The van der Waals surface area contributed by atoms with Crippen LogP contribution in [0.15, 0.2) is 102 Å². The van der Waals surface area contributed by atoms with Crippen LogP contribution in [0, 0.1) is 0 Å². The van der Waals surface area contributed by atoms with Crippen LogP contribution < -0.4 is 0 Å². The van der Waals surface area contributed by atoms with E-state index >= 15 is 0 Å². The van der Waals surface area contributed by atoms with Crippen LogP contribution in [0.3, 0.4) is 0 Å². The monoisotopic (exact) mass is 408 g/mol. The molecule has 3 aromatic rings. The summed E-state index contributed by atoms with van der Waals surface area (Å²) >= 11 is 0. The summed E-state index contributed by atoms with van der Waals surface area (Å²) in [4.78, 5) is 20.2. The zero-order chi connectivity index (χ0) is 21.1. The van der Waals surface area contributed by atoms with Crippen molar-refractivity contribution in [2.75, 3.05) is 6.54 Å². The van der Waals surface area contributed by atoms with Gasteiger partial charge in [-0.1, -0.05) is 78.9 Å². The standard InChI is InChI=1S/C27H24N2O2/c30-26(31-19-22-11-5-2-6-12-22)24-18-29(17-21-9-3-1-4-10-21)16-15-27(24)20-28-25-14-8-7-13-23(25)27/h1-14,18,20H,15-17,19H2. The van der Waals surface area contributed by atoms with Crippen molar-refractivity contribution >= 4 is 17.9 Å². The Bertz CT molecular complexity index is 1140. The fourth-order valence-electron chi connectivity index (χ4n) is 4.42. The van der Waals surface area contributed by atoms with Crippen molar-refractivity contribution in [1.29, 1.82) is 0 Å². The van der Waals surface area contributed by atoms with Gasteiger partial charge in [0.05, 0.1) is 16.7 Å². The maximum atomic E-state index is 13.4. The Morgan fingerprint density at radius 2 is 1.58 bits per heavy atom. The fraction of sp³-hybridized carbons (Fsp3) is 0.185. The Morgan fingerprint density at radius 1 is 0.903 bits per heavy atom. The van der Waals surface area contributed by atoms with E-state index in [1.165, 1.54) is 5.56 Å². The van der Waals surface area contributed by atoms with Crippen LogP contribution in [-0.4, -0.2) is 23.6 Å². The zero-order valence-corrected chi connectivity index (χ0v) is 17.3. The van der Waals surface area contributed by atoms with Crippen molar-refractivity contribution in [1.82, 2.24) is 4.90 Å². The molecule has 31 heavy (non-hydrogen) atoms. The second kappa shape index (κ2) is 8.23. The molecule has 0 saturated carbocycles. The Kier molecular flexibility index (Phi) is 5.13. The first-order valence-electron chi connectivity index (χ1n) is 10.6. The summed E-state index contributed by atoms with van der Waals surface area (Å²) in [5.74, 6) is -0.287. The van der Waals surface area contributed by atoms with Crippen molar-refractivity contribution in [3.8, 4) is 0 Å². The molecule has 1 unspecified atom stereocenters. The van der Waals surface area contributed by atoms with Crippen LogP contribution in [0.4, 0.5) is 5.69 Å². The molecular formula is C27H24N2O2. The van der Waals surface area contributed by atoms with Gasteiger partial charge in [-0.3, -0.25) is 4.99 Å². The normalized spacial score (nSPS) is 19.2. The van der Waals surface area contributed by atoms with Crippen LogP contribution >= 0.6 is 0 Å². The van der Waals surface area contributed by atoms with Crippen molar-refractivity contribution in [2.45, 2.75) is 25.0 Å². The van der Waals surface area contributed by atoms with E-state index in [0.29, 0.717) is 5.57 Å². The molecule has 4 heteroatoms. The van der Waals surface area contributed by atoms with E-state index in [1.807, 2.05) is 79.1 Å². The molecule has 4 nitrogen and oxygen atoms in total. The summed E-state index contributed by atoms with van der Waals surface area (Å²) in [7, 11) is 0. The maximum Gasteiger partial charge on any atom is 0.337 e. The third kappa shape index (κ3) is 3.77. The highest BCUT2D eigenvalue weighted by Gasteiger charge is 2.45. The number of benzene rings is 3. The van der Waals surface area contributed by atoms with Crippen LogP contribution in [0.2, 0.25) is 0 Å². The van der Waals surface area contributed by atoms with Gasteiger partial charge in [0.15, 0.2) is 0 Å². The minimum atomic E-state index is -0.530. The molecule has 2 heterocycles. The van der Waals surface area contributed by atoms with Gasteiger partial charge in [-0.2, -0.15) is 0 Å². The maximum absolute atomic E-state index is 13.4. The molecule has 0 aliphatic carbocycles. The Labute approximate surface area is 182 Å². The summed E-state index contributed by atoms with van der Waals surface area (Å²) < 4.78 is 5.77. The van der Waals surface area contributed by atoms with Gasteiger partial charge in [-0.25, -0.2) is 4.79 Å². The lowest BCUT2D eigenvalue weighted by atomic mass is 9.72. The molecule has 0 saturated heterocycles. The van der Waals surface area contributed by atoms with Crippen molar-refractivity contribution in [3.63, 3.8) is 0 Å². The molecular weight excluding hydrogens is 384 g/mol. The number of nitrogens with zero attached hydrogens (tertiary/aromatic N) is 2. The SMILES string of the molecule is O=C(OCc1ccccc1)C1=CN(Cc2ccccc2)CCC12C=Nc1ccccc12. The first-order valence-corrected chi connectivity index (χ1v) is 10.6. The first kappa shape index (κ1) is 19.3. The number of fused-ring (bicyclic) bond motifs is 2. The van der Waals surface area contributed by atoms with E-state index in [1.54, 1.807) is 0 Å². The Morgan fingerprint density at radius 3 is 2.35 bits per heavy atom. The van der Waals surface area contributed by atoms with E-state index in [9.17, 15) is 4.79 Å². The van der Waals surface area contributed by atoms with Gasteiger partial charge in [0, 0.05) is 25.5 Å². The topological polar surface area (TPSA) is 41.9 Å². The van der Waals surface area contributed by atoms with Gasteiger partial charge in [-0.05, 0) is 29.2 Å². The van der Waals surface area contributed by atoms with Gasteiger partial charge in [0.1, 0.15) is 6.61 Å². The average molecular weight is 409 g/mol. The smallest absolute Gasteiger partial charge is 0.337 e. The van der Waals surface area contributed by atoms with Crippen LogP contribution in [0.1, 0.15) is 23.1 Å². The highest BCUT2D eigenvalue weighted by molar-refractivity contribution is 6.02. The largest absolute Gasteiger partial charge is 0.457 e. The predicted molar refractivity (Wildman–Crippen MR) is 122 cm³/mol. The van der Waals surface area contributed by atoms with Crippen molar-refractivity contribution < 1.29 is 9.53 Å². The number of carbonyl (C=O) groups excluding carboxylic acids is 1. The first-order chi connectivity index (χ1) is 15.2. The van der Waals surface area contributed by atoms with Crippen LogP contribution in [-0.2, 0) is 28.1 Å². The molecule has 0 aromatic heterocycles. The number of carbonyl (C=O) groups is 1. The third-order valence-corrected chi connectivity index (χ3v) is 6.06. The molecule has 0 bridgehead atoms. The number of ether oxygens (including phenoxy) is 1. The minimum absolute atomic E-state index is 0.255. The van der Waals surface area contributed by atoms with Gasteiger partial charge in [0.2, 0.25) is 0 Å². The van der Waals surface area contributed by atoms with Gasteiger partial charge < -0.3 is 9.64 Å². The van der Waals surface area contributed by atoms with E-state index in [0.717, 1.165) is 36.3 Å². The number of rotatable bonds is 5. The molecule has 0 fully saturated rings. The predicted octanol–water partition coefficient (Wildman–Crippen LogP) is 5.17. The average Bonchev–Trinajstić information content (AvgIpc) is 3.19. The molecule has 0 radical (unpaired) electrons. The molecule has 0 N–H and O–H groups in total. The Hall–Kier alpha value is -3.66. The highest BCUT2D eigenvalue weighted by Crippen LogP contribution is 2.46. The molecule has 5 rings (SSSR count). The lowest BCUT2D eigenvalue weighted by Gasteiger charge is -2.38. The van der Waals surface area contributed by atoms with Crippen molar-refractivity contribution in [2.24, 2.45) is 4.99 Å². The fourth-order valence-corrected chi connectivity index (χ4v) is 4.42. The van der Waals surface area contributed by atoms with Crippen molar-refractivity contribution in [3.05, 3.63) is 113 Å². The highest BCUT2D eigenvalue weighted by atomic mass is 16.5.